The number of ether oxygens (including phenoxy) is 4. The minimum atomic E-state index is 0.303. The maximum absolute atomic E-state index is 5.89. The predicted octanol–water partition coefficient (Wildman–Crippen LogP) is 4.26. The lowest BCUT2D eigenvalue weighted by atomic mass is 10.1. The van der Waals surface area contributed by atoms with Gasteiger partial charge in [-0.25, -0.2) is 0 Å². The van der Waals surface area contributed by atoms with Gasteiger partial charge < -0.3 is 18.9 Å². The maximum atomic E-state index is 5.89. The quantitative estimate of drug-likeness (QED) is 0.639. The van der Waals surface area contributed by atoms with Crippen molar-refractivity contribution in [2.45, 2.75) is 39.0 Å². The number of methoxy groups -OCH3 is 3. The fourth-order valence-corrected chi connectivity index (χ4v) is 4.51. The van der Waals surface area contributed by atoms with Crippen molar-refractivity contribution in [2.24, 2.45) is 0 Å². The molecule has 0 amide bonds. The molecule has 0 saturated carbocycles. The molecule has 1 aromatic carbocycles. The Balaban J connectivity index is 1.83. The van der Waals surface area contributed by atoms with Gasteiger partial charge in [0.05, 0.1) is 27.4 Å². The first-order valence-electron chi connectivity index (χ1n) is 9.31. The van der Waals surface area contributed by atoms with Crippen molar-refractivity contribution in [3.05, 3.63) is 39.6 Å². The summed E-state index contributed by atoms with van der Waals surface area (Å²) < 4.78 is 22.5. The van der Waals surface area contributed by atoms with Gasteiger partial charge in [0.15, 0.2) is 11.5 Å². The molecule has 1 fully saturated rings. The van der Waals surface area contributed by atoms with E-state index in [9.17, 15) is 0 Å². The predicted molar refractivity (Wildman–Crippen MR) is 108 cm³/mol. The Bertz CT molecular complexity index is 740. The molecule has 0 radical (unpaired) electrons. The summed E-state index contributed by atoms with van der Waals surface area (Å²) in [7, 11) is 4.95. The van der Waals surface area contributed by atoms with Gasteiger partial charge in [0.25, 0.3) is 0 Å². The zero-order valence-corrected chi connectivity index (χ0v) is 17.4. The van der Waals surface area contributed by atoms with Crippen LogP contribution in [0.1, 0.15) is 28.2 Å². The molecule has 0 spiro atoms. The molecule has 3 rings (SSSR count). The van der Waals surface area contributed by atoms with Crippen LogP contribution in [0, 0.1) is 6.92 Å². The summed E-state index contributed by atoms with van der Waals surface area (Å²) in [5.41, 5.74) is 1.08. The number of hydrogen-bond acceptors (Lipinski definition) is 6. The first-order valence-corrected chi connectivity index (χ1v) is 10.1. The van der Waals surface area contributed by atoms with Crippen molar-refractivity contribution in [2.75, 3.05) is 34.5 Å². The highest BCUT2D eigenvalue weighted by atomic mass is 32.1. The second-order valence-corrected chi connectivity index (χ2v) is 8.18. The van der Waals surface area contributed by atoms with Crippen LogP contribution in [0.4, 0.5) is 0 Å². The van der Waals surface area contributed by atoms with Gasteiger partial charge in [-0.05, 0) is 38.0 Å². The van der Waals surface area contributed by atoms with Gasteiger partial charge in [-0.15, -0.1) is 11.3 Å². The lowest BCUT2D eigenvalue weighted by molar-refractivity contribution is 0.0679. The average Bonchev–Trinajstić information content (AvgIpc) is 3.32. The van der Waals surface area contributed by atoms with Crippen molar-refractivity contribution < 1.29 is 18.9 Å². The molecule has 27 heavy (non-hydrogen) atoms. The molecule has 2 aromatic rings. The Morgan fingerprint density at radius 1 is 1.04 bits per heavy atom. The van der Waals surface area contributed by atoms with Gasteiger partial charge in [0.1, 0.15) is 0 Å². The second kappa shape index (κ2) is 9.44. The van der Waals surface area contributed by atoms with Crippen LogP contribution in [-0.4, -0.2) is 45.5 Å². The van der Waals surface area contributed by atoms with Crippen LogP contribution in [0.25, 0.3) is 0 Å². The van der Waals surface area contributed by atoms with Crippen LogP contribution < -0.4 is 14.2 Å². The summed E-state index contributed by atoms with van der Waals surface area (Å²) in [6.07, 6.45) is 2.58. The molecule has 1 aliphatic heterocycles. The molecule has 6 heteroatoms. The Hall–Kier alpha value is -1.76. The van der Waals surface area contributed by atoms with Crippen molar-refractivity contribution in [1.82, 2.24) is 4.90 Å². The van der Waals surface area contributed by atoms with E-state index in [1.165, 1.54) is 9.75 Å². The molecule has 2 heterocycles. The van der Waals surface area contributed by atoms with Gasteiger partial charge in [0, 0.05) is 41.6 Å². The van der Waals surface area contributed by atoms with Crippen LogP contribution in [0.2, 0.25) is 0 Å². The van der Waals surface area contributed by atoms with Gasteiger partial charge in [-0.1, -0.05) is 6.07 Å². The minimum absolute atomic E-state index is 0.303. The standard InChI is InChI=1S/C21H29NO4S/c1-15-7-9-18(27-15)14-22(13-17-6-5-11-26-17)12-16-8-10-19(23-2)21(25-4)20(16)24-3/h7-10,17H,5-6,11-14H2,1-4H3. The monoisotopic (exact) mass is 391 g/mol. The SMILES string of the molecule is COc1ccc(CN(Cc2ccc(C)s2)CC2CCCO2)c(OC)c1OC. The van der Waals surface area contributed by atoms with Crippen LogP contribution in [0.5, 0.6) is 17.2 Å². The highest BCUT2D eigenvalue weighted by Crippen LogP contribution is 2.40. The van der Waals surface area contributed by atoms with Crippen LogP contribution in [0.15, 0.2) is 24.3 Å². The van der Waals surface area contributed by atoms with E-state index < -0.39 is 0 Å². The maximum Gasteiger partial charge on any atom is 0.203 e. The van der Waals surface area contributed by atoms with Crippen molar-refractivity contribution >= 4 is 11.3 Å². The van der Waals surface area contributed by atoms with E-state index in [1.54, 1.807) is 21.3 Å². The van der Waals surface area contributed by atoms with E-state index in [0.29, 0.717) is 17.6 Å². The minimum Gasteiger partial charge on any atom is -0.493 e. The summed E-state index contributed by atoms with van der Waals surface area (Å²) in [5.74, 6) is 2.05. The Kier molecular flexibility index (Phi) is 6.99. The molecule has 0 N–H and O–H groups in total. The number of thiophene rings is 1. The zero-order chi connectivity index (χ0) is 19.2. The normalized spacial score (nSPS) is 16.7. The van der Waals surface area contributed by atoms with E-state index in [2.05, 4.69) is 30.0 Å². The molecule has 148 valence electrons. The average molecular weight is 392 g/mol. The number of hydrogen-bond donors (Lipinski definition) is 0. The lowest BCUT2D eigenvalue weighted by Crippen LogP contribution is -2.31. The van der Waals surface area contributed by atoms with Crippen LogP contribution in [0.3, 0.4) is 0 Å². The van der Waals surface area contributed by atoms with Crippen LogP contribution in [-0.2, 0) is 17.8 Å². The lowest BCUT2D eigenvalue weighted by Gasteiger charge is -2.26. The third-order valence-electron chi connectivity index (χ3n) is 4.84. The largest absolute Gasteiger partial charge is 0.493 e. The number of rotatable bonds is 9. The highest BCUT2D eigenvalue weighted by molar-refractivity contribution is 7.11. The molecular formula is C21H29NO4S. The third-order valence-corrected chi connectivity index (χ3v) is 5.83. The van der Waals surface area contributed by atoms with E-state index in [0.717, 1.165) is 50.4 Å². The molecule has 1 atom stereocenters. The smallest absolute Gasteiger partial charge is 0.203 e. The van der Waals surface area contributed by atoms with Gasteiger partial charge >= 0.3 is 0 Å². The fraction of sp³-hybridized carbons (Fsp3) is 0.524. The third kappa shape index (κ3) is 4.94. The summed E-state index contributed by atoms with van der Waals surface area (Å²) >= 11 is 1.85. The summed E-state index contributed by atoms with van der Waals surface area (Å²) in [6.45, 7) is 5.59. The Labute approximate surface area is 165 Å². The molecular weight excluding hydrogens is 362 g/mol. The van der Waals surface area contributed by atoms with E-state index in [1.807, 2.05) is 17.4 Å². The molecule has 1 saturated heterocycles. The van der Waals surface area contributed by atoms with E-state index in [4.69, 9.17) is 18.9 Å². The van der Waals surface area contributed by atoms with Gasteiger partial charge in [0.2, 0.25) is 5.75 Å². The van der Waals surface area contributed by atoms with E-state index in [-0.39, 0.29) is 0 Å². The Morgan fingerprint density at radius 3 is 2.44 bits per heavy atom. The van der Waals surface area contributed by atoms with Gasteiger partial charge in [-0.2, -0.15) is 0 Å². The summed E-state index contributed by atoms with van der Waals surface area (Å²) in [4.78, 5) is 5.14. The number of aryl methyl sites for hydroxylation is 1. The second-order valence-electron chi connectivity index (χ2n) is 6.81. The molecule has 0 aliphatic carbocycles. The Morgan fingerprint density at radius 2 is 1.85 bits per heavy atom. The van der Waals surface area contributed by atoms with Crippen LogP contribution >= 0.6 is 11.3 Å². The molecule has 0 bridgehead atoms. The molecule has 1 unspecified atom stereocenters. The van der Waals surface area contributed by atoms with Crippen molar-refractivity contribution in [3.63, 3.8) is 0 Å². The fourth-order valence-electron chi connectivity index (χ4n) is 3.58. The molecule has 1 aromatic heterocycles. The summed E-state index contributed by atoms with van der Waals surface area (Å²) in [6, 6.07) is 8.40. The molecule has 5 nitrogen and oxygen atoms in total. The summed E-state index contributed by atoms with van der Waals surface area (Å²) in [5, 5.41) is 0. The highest BCUT2D eigenvalue weighted by Gasteiger charge is 2.23. The van der Waals surface area contributed by atoms with Crippen molar-refractivity contribution in [1.29, 1.82) is 0 Å². The first kappa shape index (κ1) is 20.0. The van der Waals surface area contributed by atoms with E-state index >= 15 is 0 Å². The topological polar surface area (TPSA) is 40.2 Å². The first-order chi connectivity index (χ1) is 13.1. The number of benzene rings is 1. The molecule has 1 aliphatic rings. The number of nitrogens with zero attached hydrogens (tertiary/aromatic N) is 1. The van der Waals surface area contributed by atoms with Crippen molar-refractivity contribution in [3.8, 4) is 17.2 Å². The zero-order valence-electron chi connectivity index (χ0n) is 16.6. The van der Waals surface area contributed by atoms with Gasteiger partial charge in [-0.3, -0.25) is 4.90 Å².